The van der Waals surface area contributed by atoms with Crippen LogP contribution in [0.15, 0.2) is 209 Å². The Kier molecular flexibility index (Phi) is 18.5. The van der Waals surface area contributed by atoms with E-state index in [1.165, 1.54) is 42.6 Å². The van der Waals surface area contributed by atoms with E-state index >= 15 is 0 Å². The molecule has 12 heterocycles. The maximum absolute atomic E-state index is 14.1. The van der Waals surface area contributed by atoms with Crippen molar-refractivity contribution in [2.24, 2.45) is 20.6 Å². The van der Waals surface area contributed by atoms with Gasteiger partial charge in [0.1, 0.15) is 31.8 Å². The summed E-state index contributed by atoms with van der Waals surface area (Å²) in [5.74, 6) is -1.74. The maximum atomic E-state index is 14.1. The number of fused-ring (bicyclic) bond motifs is 12. The largest absolute Gasteiger partial charge is 0.342 e. The van der Waals surface area contributed by atoms with Gasteiger partial charge in [-0.1, -0.05) is 36.4 Å². The van der Waals surface area contributed by atoms with Crippen molar-refractivity contribution in [1.82, 2.24) is 73.8 Å². The minimum atomic E-state index is -4.09. The third kappa shape index (κ3) is 14.8. The molecule has 16 rings (SSSR count). The number of primary sulfonamides is 4. The van der Waals surface area contributed by atoms with Crippen LogP contribution in [0, 0.1) is 39.3 Å². The van der Waals surface area contributed by atoms with Gasteiger partial charge < -0.3 is 9.13 Å². The molecule has 0 saturated heterocycles. The molecule has 0 aliphatic heterocycles. The van der Waals surface area contributed by atoms with E-state index in [-0.39, 0.29) is 16.3 Å². The number of hydrogen-bond acceptors (Lipinski definition) is 19. The predicted molar refractivity (Wildman–Crippen MR) is 380 cm³/mol. The quantitative estimate of drug-likeness (QED) is 0.0887. The number of halogens is 2. The lowest BCUT2D eigenvalue weighted by atomic mass is 10.1. The Labute approximate surface area is 580 Å². The van der Waals surface area contributed by atoms with Crippen LogP contribution in [0.2, 0.25) is 0 Å². The molecule has 0 spiro atoms. The SMILES string of the molecule is Cc1ccc2c(c1)nnc1ccn(Cc3ccc(S(N)(=O)=O)c(F)c3)c12.Cc1ccc2c(ncc3ccn(Cc4ccc(S(N)(=O)=O)cc4)c32)n1.Cc1ccc2c(ncc3cnn(Cc4ccc(S(N)(=O)=O)c(F)c4)c32)n1.Cc1ccc2c(ncc3cnn(Cc4ccc(S(N)(=O)=O)cn4)c32)n1. The van der Waals surface area contributed by atoms with Crippen LogP contribution in [-0.4, -0.2) is 107 Å². The fourth-order valence-electron chi connectivity index (χ4n) is 11.6. The van der Waals surface area contributed by atoms with Gasteiger partial charge >= 0.3 is 0 Å². The molecule has 12 aromatic heterocycles. The van der Waals surface area contributed by atoms with Gasteiger partial charge in [0.25, 0.3) is 0 Å². The third-order valence-electron chi connectivity index (χ3n) is 16.5. The van der Waals surface area contributed by atoms with Gasteiger partial charge in [0.2, 0.25) is 40.1 Å². The predicted octanol–water partition coefficient (Wildman–Crippen LogP) is 8.82. The molecule has 0 fully saturated rings. The maximum Gasteiger partial charge on any atom is 0.240 e. The summed E-state index contributed by atoms with van der Waals surface area (Å²) in [7, 11) is -15.6. The summed E-state index contributed by atoms with van der Waals surface area (Å²) in [5, 5.41) is 43.9. The first-order valence-electron chi connectivity index (χ1n) is 30.8. The summed E-state index contributed by atoms with van der Waals surface area (Å²) in [6, 6.07) is 39.0. The summed E-state index contributed by atoms with van der Waals surface area (Å²) in [6.07, 6.45) is 13.8. The van der Waals surface area contributed by atoms with E-state index in [2.05, 4.69) is 59.8 Å². The molecular formula is C69H59F2N19O8S4. The smallest absolute Gasteiger partial charge is 0.240 e. The highest BCUT2D eigenvalue weighted by molar-refractivity contribution is 7.90. The van der Waals surface area contributed by atoms with E-state index in [4.69, 9.17) is 20.6 Å². The molecule has 516 valence electrons. The van der Waals surface area contributed by atoms with Crippen molar-refractivity contribution < 1.29 is 42.5 Å². The normalized spacial score (nSPS) is 12.1. The molecule has 102 heavy (non-hydrogen) atoms. The summed E-state index contributed by atoms with van der Waals surface area (Å²) < 4.78 is 126. The molecule has 0 radical (unpaired) electrons. The van der Waals surface area contributed by atoms with Gasteiger partial charge in [-0.3, -0.25) is 14.3 Å². The number of aryl methyl sites for hydroxylation is 4. The first kappa shape index (κ1) is 69.1. The minimum Gasteiger partial charge on any atom is -0.342 e. The second-order valence-electron chi connectivity index (χ2n) is 23.9. The van der Waals surface area contributed by atoms with Crippen molar-refractivity contribution in [2.75, 3.05) is 0 Å². The van der Waals surface area contributed by atoms with Crippen molar-refractivity contribution in [3.8, 4) is 0 Å². The number of benzene rings is 4. The molecule has 0 bridgehead atoms. The summed E-state index contributed by atoms with van der Waals surface area (Å²) in [4.78, 5) is 29.7. The molecule has 0 aliphatic carbocycles. The lowest BCUT2D eigenvalue weighted by Gasteiger charge is -2.09. The molecule has 0 aliphatic rings. The number of rotatable bonds is 12. The Morgan fingerprint density at radius 3 is 1.33 bits per heavy atom. The Bertz CT molecular complexity index is 6110. The van der Waals surface area contributed by atoms with Gasteiger partial charge in [-0.15, -0.1) is 10.2 Å². The van der Waals surface area contributed by atoms with Gasteiger partial charge in [-0.25, -0.2) is 92.9 Å². The fraction of sp³-hybridized carbons (Fsp3) is 0.116. The molecule has 0 saturated carbocycles. The van der Waals surface area contributed by atoms with Crippen molar-refractivity contribution in [3.63, 3.8) is 0 Å². The minimum absolute atomic E-state index is 0.0177. The van der Waals surface area contributed by atoms with E-state index in [0.29, 0.717) is 47.7 Å². The van der Waals surface area contributed by atoms with Crippen molar-refractivity contribution in [1.29, 1.82) is 0 Å². The summed E-state index contributed by atoms with van der Waals surface area (Å²) in [5.41, 5.74) is 13.8. The summed E-state index contributed by atoms with van der Waals surface area (Å²) in [6.45, 7) is 9.36. The number of nitrogens with two attached hydrogens (primary N) is 4. The van der Waals surface area contributed by atoms with Gasteiger partial charge in [0.05, 0.1) is 63.7 Å². The van der Waals surface area contributed by atoms with E-state index in [1.54, 1.807) is 58.4 Å². The molecule has 33 heteroatoms. The second-order valence-corrected chi connectivity index (χ2v) is 30.1. The molecular weight excluding hydrogens is 1390 g/mol. The van der Waals surface area contributed by atoms with Gasteiger partial charge in [0, 0.05) is 105 Å². The van der Waals surface area contributed by atoms with E-state index < -0.39 is 61.5 Å². The van der Waals surface area contributed by atoms with E-state index in [1.807, 2.05) is 118 Å². The zero-order valence-corrected chi connectivity index (χ0v) is 57.7. The fourth-order valence-corrected chi connectivity index (χ4v) is 13.8. The first-order valence-corrected chi connectivity index (χ1v) is 37.0. The Balaban J connectivity index is 0.000000121. The highest BCUT2D eigenvalue weighted by Gasteiger charge is 2.20. The van der Waals surface area contributed by atoms with Gasteiger partial charge in [-0.2, -0.15) is 10.2 Å². The second kappa shape index (κ2) is 27.3. The molecule has 8 N–H and O–H groups in total. The Morgan fingerprint density at radius 2 is 0.824 bits per heavy atom. The van der Waals surface area contributed by atoms with Crippen LogP contribution in [0.5, 0.6) is 0 Å². The zero-order chi connectivity index (χ0) is 72.2. The molecule has 0 amide bonds. The standard InChI is InChI=1S/C18H15FN4O2S.C18H16N4O2S.C17H14FN5O2S.C16H14N6O2S/c1-11-2-4-13-16(8-11)22-21-15-6-7-23(18(13)15)10-12-3-5-17(14(19)9-12)26(20,24)25;1-12-2-7-16-17-14(10-20-18(16)21-12)8-9-22(17)11-13-3-5-15(6-4-13)25(19,23)24;1-10-2-4-13-16-12(7-20-17(13)22-10)8-21-23(16)9-11-3-5-15(14(18)6-11)26(19,24)25;1-10-2-5-14-15-11(6-19-16(14)21-10)7-20-22(15)9-12-3-4-13(8-18-12)25(17,23)24/h2-9H,10H2,1H3,(H2,20,24,25);2-10H,11H2,1H3,(H2,19,23,24);2-8H,9H2,1H3,(H2,19,24,25);2-8H,9H2,1H3,(H2,17,23,24). The molecule has 0 atom stereocenters. The van der Waals surface area contributed by atoms with Crippen LogP contribution in [0.25, 0.3) is 87.7 Å². The molecule has 0 unspecified atom stereocenters. The highest BCUT2D eigenvalue weighted by Crippen LogP contribution is 2.30. The van der Waals surface area contributed by atoms with Crippen molar-refractivity contribution in [3.05, 3.63) is 246 Å². The number of pyridine rings is 7. The average molecular weight is 1450 g/mol. The third-order valence-corrected chi connectivity index (χ3v) is 20.2. The number of aromatic nitrogens is 15. The lowest BCUT2D eigenvalue weighted by molar-refractivity contribution is 0.564. The van der Waals surface area contributed by atoms with Crippen LogP contribution < -0.4 is 20.6 Å². The van der Waals surface area contributed by atoms with Gasteiger partial charge in [0.15, 0.2) is 16.9 Å². The van der Waals surface area contributed by atoms with Crippen molar-refractivity contribution >= 4 is 128 Å². The zero-order valence-electron chi connectivity index (χ0n) is 54.4. The van der Waals surface area contributed by atoms with Crippen molar-refractivity contribution in [2.45, 2.75) is 73.5 Å². The topological polar surface area (TPSA) is 402 Å². The highest BCUT2D eigenvalue weighted by atomic mass is 32.2. The van der Waals surface area contributed by atoms with Crippen LogP contribution >= 0.6 is 0 Å². The van der Waals surface area contributed by atoms with Crippen LogP contribution in [0.3, 0.4) is 0 Å². The number of hydrogen-bond donors (Lipinski definition) is 4. The van der Waals surface area contributed by atoms with E-state index in [9.17, 15) is 42.5 Å². The molecule has 16 aromatic rings. The molecule has 27 nitrogen and oxygen atoms in total. The van der Waals surface area contributed by atoms with Crippen LogP contribution in [0.1, 0.15) is 45.0 Å². The lowest BCUT2D eigenvalue weighted by Crippen LogP contribution is -2.14. The van der Waals surface area contributed by atoms with Crippen LogP contribution in [0.4, 0.5) is 8.78 Å². The average Bonchev–Trinajstić information content (AvgIpc) is 1.62. The Morgan fingerprint density at radius 1 is 0.373 bits per heavy atom. The first-order chi connectivity index (χ1) is 48.5. The number of nitrogens with zero attached hydrogens (tertiary/aromatic N) is 15. The molecule has 4 aromatic carbocycles. The monoisotopic (exact) mass is 1450 g/mol. The van der Waals surface area contributed by atoms with Crippen LogP contribution in [-0.2, 0) is 66.3 Å². The van der Waals surface area contributed by atoms with E-state index in [0.717, 1.165) is 117 Å². The van der Waals surface area contributed by atoms with Gasteiger partial charge in [-0.05, 0) is 153 Å². The Hall–Kier alpha value is -11.4. The number of sulfonamides is 4. The summed E-state index contributed by atoms with van der Waals surface area (Å²) >= 11 is 0.